The van der Waals surface area contributed by atoms with Gasteiger partial charge in [-0.15, -0.1) is 0 Å². The Morgan fingerprint density at radius 3 is 2.90 bits per heavy atom. The van der Waals surface area contributed by atoms with Crippen molar-refractivity contribution in [3.63, 3.8) is 0 Å². The summed E-state index contributed by atoms with van der Waals surface area (Å²) in [5, 5.41) is 0. The summed E-state index contributed by atoms with van der Waals surface area (Å²) in [6.45, 7) is 3.99. The maximum absolute atomic E-state index is 12.7. The van der Waals surface area contributed by atoms with E-state index in [1.807, 2.05) is 36.1 Å². The van der Waals surface area contributed by atoms with E-state index in [9.17, 15) is 4.79 Å². The molecular formula is C16H17N3O. The molecule has 4 heteroatoms. The van der Waals surface area contributed by atoms with Crippen LogP contribution in [0.1, 0.15) is 28.4 Å². The number of nitrogens with two attached hydrogens (primary N) is 1. The first-order chi connectivity index (χ1) is 9.56. The number of fused-ring (bicyclic) bond motifs is 1. The van der Waals surface area contributed by atoms with Crippen LogP contribution in [0.25, 0.3) is 0 Å². The molecule has 102 valence electrons. The lowest BCUT2D eigenvalue weighted by atomic mass is 10.1. The number of aromatic nitrogens is 1. The summed E-state index contributed by atoms with van der Waals surface area (Å²) in [5.74, 6) is -0.00257. The summed E-state index contributed by atoms with van der Waals surface area (Å²) >= 11 is 0. The van der Waals surface area contributed by atoms with E-state index in [1.54, 1.807) is 12.4 Å². The van der Waals surface area contributed by atoms with Gasteiger partial charge in [-0.25, -0.2) is 0 Å². The highest BCUT2D eigenvalue weighted by Gasteiger charge is 2.31. The van der Waals surface area contributed by atoms with Gasteiger partial charge in [0.15, 0.2) is 0 Å². The number of anilines is 2. The fourth-order valence-corrected chi connectivity index (χ4v) is 2.77. The lowest BCUT2D eigenvalue weighted by Crippen LogP contribution is -2.35. The van der Waals surface area contributed by atoms with Crippen molar-refractivity contribution in [1.82, 2.24) is 4.98 Å². The molecule has 0 saturated heterocycles. The van der Waals surface area contributed by atoms with Crippen LogP contribution in [0.3, 0.4) is 0 Å². The Kier molecular flexibility index (Phi) is 2.93. The monoisotopic (exact) mass is 267 g/mol. The first kappa shape index (κ1) is 12.7. The quantitative estimate of drug-likeness (QED) is 0.808. The van der Waals surface area contributed by atoms with Crippen LogP contribution in [0.4, 0.5) is 11.4 Å². The van der Waals surface area contributed by atoms with Crippen molar-refractivity contribution in [1.29, 1.82) is 0 Å². The van der Waals surface area contributed by atoms with Crippen molar-refractivity contribution in [2.45, 2.75) is 26.3 Å². The first-order valence-corrected chi connectivity index (χ1v) is 6.70. The number of pyridine rings is 1. The Labute approximate surface area is 118 Å². The van der Waals surface area contributed by atoms with E-state index in [2.05, 4.69) is 11.9 Å². The summed E-state index contributed by atoms with van der Waals surface area (Å²) in [6, 6.07) is 7.73. The second-order valence-corrected chi connectivity index (χ2v) is 5.37. The lowest BCUT2D eigenvalue weighted by Gasteiger charge is -2.22. The van der Waals surface area contributed by atoms with Gasteiger partial charge in [-0.1, -0.05) is 0 Å². The number of carbonyl (C=O) groups excluding carboxylic acids is 1. The van der Waals surface area contributed by atoms with Gasteiger partial charge in [0.2, 0.25) is 0 Å². The highest BCUT2D eigenvalue weighted by Crippen LogP contribution is 2.34. The van der Waals surface area contributed by atoms with Gasteiger partial charge < -0.3 is 10.6 Å². The molecule has 1 aliphatic heterocycles. The largest absolute Gasteiger partial charge is 0.399 e. The Bertz CT molecular complexity index is 681. The van der Waals surface area contributed by atoms with Crippen LogP contribution in [0, 0.1) is 6.92 Å². The van der Waals surface area contributed by atoms with Crippen molar-refractivity contribution in [3.8, 4) is 0 Å². The number of hydrogen-bond donors (Lipinski definition) is 1. The first-order valence-electron chi connectivity index (χ1n) is 6.70. The van der Waals surface area contributed by atoms with E-state index in [4.69, 9.17) is 5.73 Å². The Balaban J connectivity index is 2.01. The number of nitrogen functional groups attached to an aromatic ring is 1. The maximum Gasteiger partial charge on any atom is 0.260 e. The highest BCUT2D eigenvalue weighted by molar-refractivity contribution is 6.07. The maximum atomic E-state index is 12.7. The SMILES string of the molecule is Cc1cncc(C(=O)N2c3ccc(N)cc3CC2C)c1. The molecule has 1 aromatic carbocycles. The second-order valence-electron chi connectivity index (χ2n) is 5.37. The van der Waals surface area contributed by atoms with Crippen molar-refractivity contribution >= 4 is 17.3 Å². The van der Waals surface area contributed by atoms with E-state index in [0.29, 0.717) is 5.56 Å². The minimum absolute atomic E-state index is 0.00257. The molecule has 0 saturated carbocycles. The molecule has 1 unspecified atom stereocenters. The second kappa shape index (κ2) is 4.63. The molecule has 1 aliphatic rings. The molecule has 0 fully saturated rings. The number of rotatable bonds is 1. The normalized spacial score (nSPS) is 17.1. The van der Waals surface area contributed by atoms with Crippen LogP contribution in [0.15, 0.2) is 36.7 Å². The number of nitrogens with zero attached hydrogens (tertiary/aromatic N) is 2. The van der Waals surface area contributed by atoms with Crippen LogP contribution in [-0.4, -0.2) is 16.9 Å². The minimum atomic E-state index is -0.00257. The number of benzene rings is 1. The van der Waals surface area contributed by atoms with Gasteiger partial charge in [0.1, 0.15) is 0 Å². The van der Waals surface area contributed by atoms with Gasteiger partial charge in [0.25, 0.3) is 5.91 Å². The van der Waals surface area contributed by atoms with Gasteiger partial charge in [-0.05, 0) is 55.7 Å². The summed E-state index contributed by atoms with van der Waals surface area (Å²) in [4.78, 5) is 18.7. The van der Waals surface area contributed by atoms with Crippen molar-refractivity contribution in [3.05, 3.63) is 53.3 Å². The van der Waals surface area contributed by atoms with Crippen molar-refractivity contribution in [2.75, 3.05) is 10.6 Å². The molecule has 0 spiro atoms. The molecule has 1 amide bonds. The van der Waals surface area contributed by atoms with E-state index in [-0.39, 0.29) is 11.9 Å². The number of carbonyl (C=O) groups is 1. The van der Waals surface area contributed by atoms with Gasteiger partial charge in [0.05, 0.1) is 5.56 Å². The third kappa shape index (κ3) is 2.03. The highest BCUT2D eigenvalue weighted by atomic mass is 16.2. The zero-order valence-electron chi connectivity index (χ0n) is 11.6. The molecule has 1 atom stereocenters. The molecule has 3 rings (SSSR count). The van der Waals surface area contributed by atoms with Crippen molar-refractivity contribution in [2.24, 2.45) is 0 Å². The topological polar surface area (TPSA) is 59.2 Å². The fourth-order valence-electron chi connectivity index (χ4n) is 2.77. The Morgan fingerprint density at radius 1 is 1.35 bits per heavy atom. The molecule has 2 N–H and O–H groups in total. The van der Waals surface area contributed by atoms with Gasteiger partial charge in [0, 0.05) is 29.8 Å². The number of amides is 1. The third-order valence-corrected chi connectivity index (χ3v) is 3.66. The van der Waals surface area contributed by atoms with Crippen LogP contribution < -0.4 is 10.6 Å². The smallest absolute Gasteiger partial charge is 0.260 e. The van der Waals surface area contributed by atoms with Gasteiger partial charge in [-0.3, -0.25) is 9.78 Å². The molecule has 0 bridgehead atoms. The summed E-state index contributed by atoms with van der Waals surface area (Å²) in [6.07, 6.45) is 4.21. The molecule has 0 aliphatic carbocycles. The molecule has 2 aromatic rings. The zero-order valence-corrected chi connectivity index (χ0v) is 11.6. The zero-order chi connectivity index (χ0) is 14.3. The molecular weight excluding hydrogens is 250 g/mol. The van der Waals surface area contributed by atoms with Crippen LogP contribution in [0.5, 0.6) is 0 Å². The fraction of sp³-hybridized carbons (Fsp3) is 0.250. The lowest BCUT2D eigenvalue weighted by molar-refractivity contribution is 0.0981. The van der Waals surface area contributed by atoms with E-state index in [1.165, 1.54) is 0 Å². The van der Waals surface area contributed by atoms with Crippen LogP contribution >= 0.6 is 0 Å². The standard InChI is InChI=1S/C16H17N3O/c1-10-5-13(9-18-8-10)16(20)19-11(2)6-12-7-14(17)3-4-15(12)19/h3-5,7-9,11H,6,17H2,1-2H3. The van der Waals surface area contributed by atoms with Crippen LogP contribution in [-0.2, 0) is 6.42 Å². The molecule has 2 heterocycles. The Hall–Kier alpha value is -2.36. The third-order valence-electron chi connectivity index (χ3n) is 3.66. The van der Waals surface area contributed by atoms with E-state index >= 15 is 0 Å². The van der Waals surface area contributed by atoms with E-state index in [0.717, 1.165) is 28.9 Å². The van der Waals surface area contributed by atoms with E-state index < -0.39 is 0 Å². The molecule has 1 aromatic heterocycles. The summed E-state index contributed by atoms with van der Waals surface area (Å²) in [5.41, 5.74) is 10.3. The van der Waals surface area contributed by atoms with Gasteiger partial charge in [-0.2, -0.15) is 0 Å². The average molecular weight is 267 g/mol. The molecule has 4 nitrogen and oxygen atoms in total. The van der Waals surface area contributed by atoms with Crippen molar-refractivity contribution < 1.29 is 4.79 Å². The summed E-state index contributed by atoms with van der Waals surface area (Å²) in [7, 11) is 0. The number of aryl methyl sites for hydroxylation is 1. The number of hydrogen-bond acceptors (Lipinski definition) is 3. The summed E-state index contributed by atoms with van der Waals surface area (Å²) < 4.78 is 0. The Morgan fingerprint density at radius 2 is 2.15 bits per heavy atom. The predicted molar refractivity (Wildman–Crippen MR) is 79.8 cm³/mol. The molecule has 20 heavy (non-hydrogen) atoms. The molecule has 0 radical (unpaired) electrons. The minimum Gasteiger partial charge on any atom is -0.399 e. The average Bonchev–Trinajstić information content (AvgIpc) is 2.73. The van der Waals surface area contributed by atoms with Crippen LogP contribution in [0.2, 0.25) is 0 Å². The predicted octanol–water partition coefficient (Wildman–Crippen LogP) is 2.56. The van der Waals surface area contributed by atoms with Gasteiger partial charge >= 0.3 is 0 Å².